The first-order valence-corrected chi connectivity index (χ1v) is 10.9. The first kappa shape index (κ1) is 23.6. The van der Waals surface area contributed by atoms with E-state index < -0.39 is 6.36 Å². The molecule has 1 saturated heterocycles. The summed E-state index contributed by atoms with van der Waals surface area (Å²) in [5.41, 5.74) is 3.58. The van der Waals surface area contributed by atoms with E-state index in [1.54, 1.807) is 12.4 Å². The van der Waals surface area contributed by atoms with Gasteiger partial charge in [0.05, 0.1) is 0 Å². The van der Waals surface area contributed by atoms with Crippen molar-refractivity contribution in [2.75, 3.05) is 31.6 Å². The molecule has 1 N–H and O–H groups in total. The van der Waals surface area contributed by atoms with Crippen LogP contribution in [0, 0.1) is 0 Å². The fourth-order valence-corrected chi connectivity index (χ4v) is 3.78. The van der Waals surface area contributed by atoms with Gasteiger partial charge >= 0.3 is 6.36 Å². The van der Waals surface area contributed by atoms with Crippen LogP contribution in [0.4, 0.5) is 18.9 Å². The lowest BCUT2D eigenvalue weighted by atomic mass is 10.0. The zero-order chi connectivity index (χ0) is 24.0. The summed E-state index contributed by atoms with van der Waals surface area (Å²) in [7, 11) is 0. The zero-order valence-corrected chi connectivity index (χ0v) is 18.5. The monoisotopic (exact) mass is 470 g/mol. The van der Waals surface area contributed by atoms with Crippen LogP contribution in [0.1, 0.15) is 18.4 Å². The van der Waals surface area contributed by atoms with Crippen LogP contribution in [-0.2, 0) is 0 Å². The predicted molar refractivity (Wildman–Crippen MR) is 124 cm³/mol. The van der Waals surface area contributed by atoms with Crippen molar-refractivity contribution in [1.82, 2.24) is 14.9 Å². The van der Waals surface area contributed by atoms with Crippen LogP contribution >= 0.6 is 0 Å². The Morgan fingerprint density at radius 2 is 1.74 bits per heavy atom. The van der Waals surface area contributed by atoms with Gasteiger partial charge in [-0.25, -0.2) is 9.97 Å². The number of alkyl halides is 3. The van der Waals surface area contributed by atoms with E-state index in [0.717, 1.165) is 42.1 Å². The molecule has 9 heteroatoms. The lowest BCUT2D eigenvalue weighted by Crippen LogP contribution is -2.25. The molecule has 1 aliphatic heterocycles. The van der Waals surface area contributed by atoms with Crippen LogP contribution in [0.2, 0.25) is 0 Å². The summed E-state index contributed by atoms with van der Waals surface area (Å²) in [5, 5.41) is 3.12. The van der Waals surface area contributed by atoms with Gasteiger partial charge in [-0.1, -0.05) is 6.58 Å². The second-order valence-corrected chi connectivity index (χ2v) is 7.91. The minimum atomic E-state index is -4.73. The molecule has 2 aromatic carbocycles. The minimum absolute atomic E-state index is 0.287. The Balaban J connectivity index is 1.48. The van der Waals surface area contributed by atoms with Gasteiger partial charge in [-0.2, -0.15) is 0 Å². The molecule has 0 atom stereocenters. The van der Waals surface area contributed by atoms with E-state index in [1.165, 1.54) is 43.4 Å². The predicted octanol–water partition coefficient (Wildman–Crippen LogP) is 5.60. The van der Waals surface area contributed by atoms with Crippen molar-refractivity contribution in [3.63, 3.8) is 0 Å². The number of aromatic nitrogens is 2. The summed E-state index contributed by atoms with van der Waals surface area (Å²) >= 11 is 0. The van der Waals surface area contributed by atoms with Gasteiger partial charge in [0.1, 0.15) is 24.4 Å². The second-order valence-electron chi connectivity index (χ2n) is 7.91. The first-order valence-electron chi connectivity index (χ1n) is 10.9. The highest BCUT2D eigenvalue weighted by Gasteiger charge is 2.31. The van der Waals surface area contributed by atoms with Crippen molar-refractivity contribution < 1.29 is 22.6 Å². The summed E-state index contributed by atoms with van der Waals surface area (Å²) < 4.78 is 47.1. The topological polar surface area (TPSA) is 59.5 Å². The molecule has 0 bridgehead atoms. The lowest BCUT2D eigenvalue weighted by molar-refractivity contribution is -0.274. The Kier molecular flexibility index (Phi) is 7.32. The molecule has 0 amide bonds. The molecular formula is C25H25F3N4O2. The third kappa shape index (κ3) is 6.48. The van der Waals surface area contributed by atoms with Gasteiger partial charge in [-0.3, -0.25) is 4.90 Å². The summed E-state index contributed by atoms with van der Waals surface area (Å²) in [4.78, 5) is 10.6. The van der Waals surface area contributed by atoms with Crippen LogP contribution in [-0.4, -0.2) is 47.5 Å². The molecule has 1 fully saturated rings. The quantitative estimate of drug-likeness (QED) is 0.439. The molecule has 1 aliphatic rings. The van der Waals surface area contributed by atoms with Gasteiger partial charge in [0.25, 0.3) is 0 Å². The van der Waals surface area contributed by atoms with E-state index in [1.807, 2.05) is 18.2 Å². The number of likely N-dealkylation sites (tertiary alicyclic amines) is 1. The van der Waals surface area contributed by atoms with E-state index in [-0.39, 0.29) is 5.75 Å². The van der Waals surface area contributed by atoms with E-state index in [9.17, 15) is 13.2 Å². The molecule has 3 aromatic rings. The van der Waals surface area contributed by atoms with Crippen LogP contribution in [0.15, 0.2) is 67.8 Å². The Morgan fingerprint density at radius 3 is 2.41 bits per heavy atom. The average molecular weight is 470 g/mol. The number of halogens is 3. The van der Waals surface area contributed by atoms with Crippen molar-refractivity contribution in [2.24, 2.45) is 0 Å². The van der Waals surface area contributed by atoms with Gasteiger partial charge in [0.2, 0.25) is 0 Å². The molecule has 2 heterocycles. The number of rotatable bonds is 9. The number of hydrogen-bond donors (Lipinski definition) is 1. The average Bonchev–Trinajstić information content (AvgIpc) is 3.34. The number of nitrogens with one attached hydrogen (secondary N) is 1. The van der Waals surface area contributed by atoms with Crippen LogP contribution in [0.5, 0.6) is 11.5 Å². The van der Waals surface area contributed by atoms with Crippen LogP contribution in [0.25, 0.3) is 16.8 Å². The van der Waals surface area contributed by atoms with Crippen LogP contribution < -0.4 is 14.8 Å². The maximum Gasteiger partial charge on any atom is 0.573 e. The number of nitrogens with zero attached hydrogens (tertiary/aromatic N) is 3. The Morgan fingerprint density at radius 1 is 1.03 bits per heavy atom. The number of anilines is 1. The zero-order valence-electron chi connectivity index (χ0n) is 18.5. The van der Waals surface area contributed by atoms with Gasteiger partial charge in [0, 0.05) is 41.4 Å². The molecule has 0 spiro atoms. The molecule has 34 heavy (non-hydrogen) atoms. The maximum atomic E-state index is 12.4. The molecule has 4 rings (SSSR count). The number of benzene rings is 2. The third-order valence-corrected chi connectivity index (χ3v) is 5.45. The largest absolute Gasteiger partial charge is 0.573 e. The van der Waals surface area contributed by atoms with Gasteiger partial charge in [-0.15, -0.1) is 13.2 Å². The molecule has 0 unspecified atom stereocenters. The van der Waals surface area contributed by atoms with Crippen molar-refractivity contribution in [1.29, 1.82) is 0 Å². The second kappa shape index (κ2) is 10.6. The highest BCUT2D eigenvalue weighted by molar-refractivity contribution is 5.80. The number of hydrogen-bond acceptors (Lipinski definition) is 6. The third-order valence-electron chi connectivity index (χ3n) is 5.45. The van der Waals surface area contributed by atoms with Gasteiger partial charge in [-0.05, 0) is 74.0 Å². The lowest BCUT2D eigenvalue weighted by Gasteiger charge is -2.18. The van der Waals surface area contributed by atoms with E-state index in [0.29, 0.717) is 18.0 Å². The minimum Gasteiger partial charge on any atom is -0.492 e. The fraction of sp³-hybridized carbons (Fsp3) is 0.280. The molecular weight excluding hydrogens is 445 g/mol. The highest BCUT2D eigenvalue weighted by Crippen LogP contribution is 2.33. The van der Waals surface area contributed by atoms with Crippen molar-refractivity contribution in [3.8, 4) is 22.6 Å². The van der Waals surface area contributed by atoms with Gasteiger partial charge < -0.3 is 14.8 Å². The Bertz CT molecular complexity index is 1100. The molecule has 0 aliphatic carbocycles. The molecule has 6 nitrogen and oxygen atoms in total. The molecule has 0 radical (unpaired) electrons. The number of ether oxygens (including phenoxy) is 2. The molecule has 178 valence electrons. The molecule has 1 aromatic heterocycles. The summed E-state index contributed by atoms with van der Waals surface area (Å²) in [5.74, 6) is 0.435. The summed E-state index contributed by atoms with van der Waals surface area (Å²) in [6.07, 6.45) is 2.63. The van der Waals surface area contributed by atoms with Crippen LogP contribution in [0.3, 0.4) is 0 Å². The normalized spacial score (nSPS) is 14.1. The standard InChI is InChI=1S/C25H25F3N4O2/c1-18(31-21-5-7-22(8-6-21)34-25(26,27)28)19-4-9-24(33-13-12-32-10-2-3-11-32)23(14-19)20-15-29-17-30-16-20/h4-9,14-17,31H,1-3,10-13H2. The molecule has 0 saturated carbocycles. The van der Waals surface area contributed by atoms with Gasteiger partial charge in [0.15, 0.2) is 0 Å². The SMILES string of the molecule is C=C(Nc1ccc(OC(F)(F)F)cc1)c1ccc(OCCN2CCCC2)c(-c2cncnc2)c1. The van der Waals surface area contributed by atoms with E-state index in [4.69, 9.17) is 4.74 Å². The first-order chi connectivity index (χ1) is 16.4. The van der Waals surface area contributed by atoms with Crippen molar-refractivity contribution in [3.05, 3.63) is 73.3 Å². The Labute approximate surface area is 196 Å². The maximum absolute atomic E-state index is 12.4. The Hall–Kier alpha value is -3.59. The van der Waals surface area contributed by atoms with E-state index in [2.05, 4.69) is 31.5 Å². The summed E-state index contributed by atoms with van der Waals surface area (Å²) in [6, 6.07) is 11.2. The van der Waals surface area contributed by atoms with Crippen molar-refractivity contribution in [2.45, 2.75) is 19.2 Å². The van der Waals surface area contributed by atoms with Crippen molar-refractivity contribution >= 4 is 11.4 Å². The smallest absolute Gasteiger partial charge is 0.492 e. The summed E-state index contributed by atoms with van der Waals surface area (Å²) in [6.45, 7) is 7.74. The fourth-order valence-electron chi connectivity index (χ4n) is 3.78. The van der Waals surface area contributed by atoms with E-state index >= 15 is 0 Å². The highest BCUT2D eigenvalue weighted by atomic mass is 19.4.